The van der Waals surface area contributed by atoms with Crippen molar-refractivity contribution in [1.29, 1.82) is 0 Å². The van der Waals surface area contributed by atoms with Gasteiger partial charge in [-0.1, -0.05) is 68.5 Å². The van der Waals surface area contributed by atoms with Gasteiger partial charge in [0.15, 0.2) is 5.71 Å². The van der Waals surface area contributed by atoms with Crippen molar-refractivity contribution >= 4 is 17.1 Å². The molecular weight excluding hydrogens is 352 g/mol. The predicted octanol–water partition coefficient (Wildman–Crippen LogP) is 6.48. The lowest BCUT2D eigenvalue weighted by molar-refractivity contribution is -0.433. The zero-order chi connectivity index (χ0) is 20.6. The third kappa shape index (κ3) is 3.17. The number of benzene rings is 2. The third-order valence-corrected chi connectivity index (χ3v) is 6.40. The normalized spacial score (nSPS) is 20.5. The number of para-hydroxylation sites is 2. The van der Waals surface area contributed by atoms with Crippen LogP contribution >= 0.6 is 0 Å². The number of fused-ring (bicyclic) bond motifs is 2. The van der Waals surface area contributed by atoms with Crippen molar-refractivity contribution in [2.45, 2.75) is 45.4 Å². The molecule has 29 heavy (non-hydrogen) atoms. The maximum absolute atomic E-state index is 3.57. The van der Waals surface area contributed by atoms with E-state index in [9.17, 15) is 0 Å². The zero-order valence-corrected chi connectivity index (χ0v) is 18.2. The molecule has 0 fully saturated rings. The molecule has 4 rings (SSSR count). The Morgan fingerprint density at radius 1 is 0.828 bits per heavy atom. The Morgan fingerprint density at radius 3 is 2.24 bits per heavy atom. The van der Waals surface area contributed by atoms with Gasteiger partial charge in [-0.2, -0.15) is 4.58 Å². The number of hydrogen-bond acceptors (Lipinski definition) is 1. The Balaban J connectivity index is 1.56. The smallest absolute Gasteiger partial charge is 0.209 e. The van der Waals surface area contributed by atoms with Crippen LogP contribution in [0.1, 0.15) is 45.7 Å². The van der Waals surface area contributed by atoms with Gasteiger partial charge in [-0.15, -0.1) is 0 Å². The van der Waals surface area contributed by atoms with E-state index in [1.54, 1.807) is 0 Å². The summed E-state index contributed by atoms with van der Waals surface area (Å²) in [5.74, 6) is 0. The number of nitrogens with zero attached hydrogens (tertiary/aromatic N) is 1. The summed E-state index contributed by atoms with van der Waals surface area (Å²) < 4.78 is 2.43. The minimum Gasteiger partial charge on any atom is -0.358 e. The van der Waals surface area contributed by atoms with E-state index in [1.165, 1.54) is 33.9 Å². The minimum atomic E-state index is 0.00744. The molecule has 0 saturated heterocycles. The second-order valence-corrected chi connectivity index (χ2v) is 8.89. The van der Waals surface area contributed by atoms with Crippen LogP contribution in [-0.4, -0.2) is 16.8 Å². The first-order valence-corrected chi connectivity index (χ1v) is 10.5. The van der Waals surface area contributed by atoms with Gasteiger partial charge in [-0.25, -0.2) is 0 Å². The maximum Gasteiger partial charge on any atom is 0.209 e. The summed E-state index contributed by atoms with van der Waals surface area (Å²) >= 11 is 0. The summed E-state index contributed by atoms with van der Waals surface area (Å²) in [5.41, 5.74) is 7.93. The molecule has 2 aliphatic heterocycles. The van der Waals surface area contributed by atoms with Crippen molar-refractivity contribution in [3.8, 4) is 0 Å². The van der Waals surface area contributed by atoms with E-state index in [0.717, 1.165) is 6.54 Å². The molecule has 2 heteroatoms. The number of hydrogen-bond donors (Lipinski definition) is 1. The Labute approximate surface area is 175 Å². The monoisotopic (exact) mass is 383 g/mol. The van der Waals surface area contributed by atoms with Crippen LogP contribution in [0, 0.1) is 0 Å². The molecule has 0 unspecified atom stereocenters. The lowest BCUT2D eigenvalue weighted by Gasteiger charge is -2.19. The predicted molar refractivity (Wildman–Crippen MR) is 124 cm³/mol. The lowest BCUT2D eigenvalue weighted by atomic mass is 9.81. The average Bonchev–Trinajstić information content (AvgIpc) is 3.09. The SMILES string of the molecule is CC[N+]1=C(/C=C/C=C/C=C2/Nc3ccccc3C2(C)C)C(C)(C)c2ccccc21. The quantitative estimate of drug-likeness (QED) is 0.471. The highest BCUT2D eigenvalue weighted by molar-refractivity contribution is 6.03. The topological polar surface area (TPSA) is 15.0 Å². The number of allylic oxidation sites excluding steroid dienone is 6. The van der Waals surface area contributed by atoms with Gasteiger partial charge in [0, 0.05) is 34.5 Å². The molecule has 0 radical (unpaired) electrons. The van der Waals surface area contributed by atoms with E-state index in [0.29, 0.717) is 0 Å². The molecule has 0 aromatic heterocycles. The standard InChI is InChI=1S/C27H30N2/c1-6-29-23-17-13-11-15-21(23)27(4,5)25(29)19-9-7-8-18-24-26(2,3)20-14-10-12-16-22(20)28-24/h7-19H,6H2,1-5H3/p+1. The number of rotatable bonds is 4. The van der Waals surface area contributed by atoms with Gasteiger partial charge < -0.3 is 5.32 Å². The molecule has 148 valence electrons. The highest BCUT2D eigenvalue weighted by atomic mass is 15.0. The fourth-order valence-corrected chi connectivity index (χ4v) is 4.68. The zero-order valence-electron chi connectivity index (χ0n) is 18.2. The number of nitrogens with one attached hydrogen (secondary N) is 1. The Kier molecular flexibility index (Phi) is 4.82. The summed E-state index contributed by atoms with van der Waals surface area (Å²) in [6, 6.07) is 17.3. The largest absolute Gasteiger partial charge is 0.358 e. The minimum absolute atomic E-state index is 0.00744. The van der Waals surface area contributed by atoms with Crippen LogP contribution in [0.2, 0.25) is 0 Å². The van der Waals surface area contributed by atoms with Gasteiger partial charge >= 0.3 is 0 Å². The summed E-state index contributed by atoms with van der Waals surface area (Å²) in [5, 5.41) is 3.57. The van der Waals surface area contributed by atoms with Crippen LogP contribution in [-0.2, 0) is 10.8 Å². The maximum atomic E-state index is 3.57. The van der Waals surface area contributed by atoms with Crippen LogP contribution in [0.3, 0.4) is 0 Å². The van der Waals surface area contributed by atoms with Gasteiger partial charge in [0.05, 0.1) is 5.41 Å². The molecule has 0 saturated carbocycles. The molecule has 0 spiro atoms. The van der Waals surface area contributed by atoms with E-state index < -0.39 is 0 Å². The van der Waals surface area contributed by atoms with Crippen LogP contribution in [0.25, 0.3) is 0 Å². The highest BCUT2D eigenvalue weighted by Crippen LogP contribution is 2.43. The van der Waals surface area contributed by atoms with Crippen molar-refractivity contribution in [3.63, 3.8) is 0 Å². The van der Waals surface area contributed by atoms with Crippen molar-refractivity contribution in [2.75, 3.05) is 11.9 Å². The Hall–Kier alpha value is -2.87. The molecule has 0 bridgehead atoms. The number of anilines is 1. The average molecular weight is 384 g/mol. The lowest BCUT2D eigenvalue weighted by Crippen LogP contribution is -2.27. The Bertz CT molecular complexity index is 1060. The molecular formula is C27H31N2+. The molecule has 0 amide bonds. The van der Waals surface area contributed by atoms with Gasteiger partial charge in [0.25, 0.3) is 0 Å². The van der Waals surface area contributed by atoms with Gasteiger partial charge in [0.1, 0.15) is 6.54 Å². The fraction of sp³-hybridized carbons (Fsp3) is 0.296. The van der Waals surface area contributed by atoms with Crippen LogP contribution in [0.5, 0.6) is 0 Å². The first-order chi connectivity index (χ1) is 13.9. The summed E-state index contributed by atoms with van der Waals surface area (Å²) in [7, 11) is 0. The molecule has 1 N–H and O–H groups in total. The van der Waals surface area contributed by atoms with E-state index in [1.807, 2.05) is 0 Å². The van der Waals surface area contributed by atoms with Gasteiger partial charge in [-0.3, -0.25) is 0 Å². The van der Waals surface area contributed by atoms with E-state index in [4.69, 9.17) is 0 Å². The fourth-order valence-electron chi connectivity index (χ4n) is 4.68. The van der Waals surface area contributed by atoms with Crippen molar-refractivity contribution in [3.05, 3.63) is 95.7 Å². The molecule has 0 aliphatic carbocycles. The van der Waals surface area contributed by atoms with E-state index in [2.05, 4.69) is 123 Å². The van der Waals surface area contributed by atoms with Gasteiger partial charge in [-0.05, 0) is 38.5 Å². The molecule has 2 nitrogen and oxygen atoms in total. The van der Waals surface area contributed by atoms with Gasteiger partial charge in [0.2, 0.25) is 5.69 Å². The van der Waals surface area contributed by atoms with Crippen LogP contribution < -0.4 is 5.32 Å². The molecule has 2 aromatic rings. The second-order valence-electron chi connectivity index (χ2n) is 8.89. The van der Waals surface area contributed by atoms with Crippen molar-refractivity contribution < 1.29 is 4.58 Å². The van der Waals surface area contributed by atoms with Crippen LogP contribution in [0.15, 0.2) is 84.6 Å². The Morgan fingerprint density at radius 2 is 1.52 bits per heavy atom. The summed E-state index contributed by atoms with van der Waals surface area (Å²) in [6.45, 7) is 12.4. The molecule has 2 aromatic carbocycles. The highest BCUT2D eigenvalue weighted by Gasteiger charge is 2.43. The molecule has 0 atom stereocenters. The molecule has 2 aliphatic rings. The van der Waals surface area contributed by atoms with E-state index in [-0.39, 0.29) is 10.8 Å². The van der Waals surface area contributed by atoms with Crippen molar-refractivity contribution in [1.82, 2.24) is 0 Å². The first-order valence-electron chi connectivity index (χ1n) is 10.5. The van der Waals surface area contributed by atoms with E-state index >= 15 is 0 Å². The van der Waals surface area contributed by atoms with Crippen LogP contribution in [0.4, 0.5) is 11.4 Å². The third-order valence-electron chi connectivity index (χ3n) is 6.40. The summed E-state index contributed by atoms with van der Waals surface area (Å²) in [4.78, 5) is 0. The molecule has 2 heterocycles. The van der Waals surface area contributed by atoms with Crippen molar-refractivity contribution in [2.24, 2.45) is 0 Å². The summed E-state index contributed by atoms with van der Waals surface area (Å²) in [6.07, 6.45) is 10.9. The first kappa shape index (κ1) is 19.4. The second kappa shape index (κ2) is 7.18.